The number of hydrogen-bond donors (Lipinski definition) is 2. The van der Waals surface area contributed by atoms with Gasteiger partial charge in [0.1, 0.15) is 0 Å². The van der Waals surface area contributed by atoms with Crippen molar-refractivity contribution in [3.8, 4) is 0 Å². The fraction of sp³-hybridized carbons (Fsp3) is 0.382. The largest absolute Gasteiger partial charge is 0.322 e. The van der Waals surface area contributed by atoms with Crippen LogP contribution in [0, 0.1) is 13.8 Å². The second-order valence-electron chi connectivity index (χ2n) is 11.7. The molecular formula is C34H40ClN4O3+. The van der Waals surface area contributed by atoms with E-state index in [1.165, 1.54) is 0 Å². The fourth-order valence-corrected chi connectivity index (χ4v) is 6.64. The molecule has 7 nitrogen and oxygen atoms in total. The van der Waals surface area contributed by atoms with E-state index in [0.717, 1.165) is 74.2 Å². The lowest BCUT2D eigenvalue weighted by Crippen LogP contribution is -2.62. The molecule has 1 fully saturated rings. The molecule has 0 radical (unpaired) electrons. The molecule has 2 aliphatic rings. The van der Waals surface area contributed by atoms with Crippen LogP contribution in [0.5, 0.6) is 0 Å². The first kappa shape index (κ1) is 30.0. The molecule has 0 aromatic heterocycles. The van der Waals surface area contributed by atoms with E-state index < -0.39 is 0 Å². The molecule has 2 heterocycles. The summed E-state index contributed by atoms with van der Waals surface area (Å²) < 4.78 is 0.452. The van der Waals surface area contributed by atoms with Gasteiger partial charge in [0, 0.05) is 53.1 Å². The summed E-state index contributed by atoms with van der Waals surface area (Å²) in [6.45, 7) is 9.41. The minimum atomic E-state index is -0.180. The van der Waals surface area contributed by atoms with E-state index in [9.17, 15) is 14.4 Å². The first-order valence-corrected chi connectivity index (χ1v) is 15.2. The Morgan fingerprint density at radius 2 is 1.74 bits per heavy atom. The molecule has 8 heteroatoms. The van der Waals surface area contributed by atoms with E-state index in [2.05, 4.69) is 10.6 Å². The maximum Gasteiger partial charge on any atom is 0.310 e. The number of aryl methyl sites for hydroxylation is 3. The minimum Gasteiger partial charge on any atom is -0.322 e. The molecule has 0 spiro atoms. The Kier molecular flexibility index (Phi) is 9.11. The lowest BCUT2D eigenvalue weighted by atomic mass is 10.0. The molecule has 2 aliphatic heterocycles. The van der Waals surface area contributed by atoms with Crippen molar-refractivity contribution in [2.45, 2.75) is 52.5 Å². The van der Waals surface area contributed by atoms with Gasteiger partial charge in [-0.15, -0.1) is 0 Å². The van der Waals surface area contributed by atoms with Gasteiger partial charge in [-0.1, -0.05) is 29.8 Å². The van der Waals surface area contributed by atoms with E-state index in [1.54, 1.807) is 19.1 Å². The maximum absolute atomic E-state index is 14.4. The van der Waals surface area contributed by atoms with E-state index in [1.807, 2.05) is 67.3 Å². The van der Waals surface area contributed by atoms with Crippen molar-refractivity contribution in [3.05, 3.63) is 93.5 Å². The van der Waals surface area contributed by atoms with Crippen LogP contribution in [0.3, 0.4) is 0 Å². The first-order chi connectivity index (χ1) is 20.2. The number of halogens is 1. The van der Waals surface area contributed by atoms with E-state index in [-0.39, 0.29) is 23.8 Å². The van der Waals surface area contributed by atoms with Gasteiger partial charge in [-0.3, -0.25) is 14.1 Å². The topological polar surface area (TPSA) is 78.5 Å². The summed E-state index contributed by atoms with van der Waals surface area (Å²) in [5.74, 6) is -0.0656. The predicted octanol–water partition coefficient (Wildman–Crippen LogP) is 5.92. The van der Waals surface area contributed by atoms with Gasteiger partial charge < -0.3 is 15.5 Å². The zero-order chi connectivity index (χ0) is 29.9. The molecule has 1 atom stereocenters. The van der Waals surface area contributed by atoms with Gasteiger partial charge in [-0.25, -0.2) is 4.79 Å². The lowest BCUT2D eigenvalue weighted by molar-refractivity contribution is -0.856. The number of carbonyl (C=O) groups excluding carboxylic acids is 3. The average Bonchev–Trinajstić information content (AvgIpc) is 3.15. The second kappa shape index (κ2) is 12.8. The number of hydrogen-bond acceptors (Lipinski definition) is 4. The number of anilines is 2. The average molecular weight is 588 g/mol. The number of carbonyl (C=O) groups is 3. The van der Waals surface area contributed by atoms with Crippen LogP contribution in [0.1, 0.15) is 63.6 Å². The van der Waals surface area contributed by atoms with Gasteiger partial charge in [0.05, 0.1) is 26.6 Å². The zero-order valence-corrected chi connectivity index (χ0v) is 25.5. The van der Waals surface area contributed by atoms with Gasteiger partial charge in [0.25, 0.3) is 11.8 Å². The fourth-order valence-electron chi connectivity index (χ4n) is 6.44. The summed E-state index contributed by atoms with van der Waals surface area (Å²) in [6.07, 6.45) is 3.36. The van der Waals surface area contributed by atoms with Crippen LogP contribution in [0.15, 0.2) is 60.7 Å². The summed E-state index contributed by atoms with van der Waals surface area (Å²) in [5.41, 5.74) is 5.49. The lowest BCUT2D eigenvalue weighted by Gasteiger charge is -2.40. The Morgan fingerprint density at radius 3 is 2.45 bits per heavy atom. The Hall–Kier alpha value is -3.52. The third kappa shape index (κ3) is 6.28. The Labute approximate surface area is 253 Å². The van der Waals surface area contributed by atoms with Crippen molar-refractivity contribution < 1.29 is 18.9 Å². The van der Waals surface area contributed by atoms with Crippen LogP contribution in [-0.2, 0) is 11.2 Å². The quantitative estimate of drug-likeness (QED) is 0.351. The molecule has 1 saturated heterocycles. The van der Waals surface area contributed by atoms with Crippen molar-refractivity contribution in [2.75, 3.05) is 42.9 Å². The maximum atomic E-state index is 14.4. The van der Waals surface area contributed by atoms with Gasteiger partial charge in [0.15, 0.2) is 0 Å². The predicted molar refractivity (Wildman–Crippen MR) is 168 cm³/mol. The number of nitrogens with one attached hydrogen (secondary N) is 2. The molecule has 0 aliphatic carbocycles. The third-order valence-electron chi connectivity index (χ3n) is 8.96. The van der Waals surface area contributed by atoms with Crippen molar-refractivity contribution in [2.24, 2.45) is 0 Å². The summed E-state index contributed by atoms with van der Waals surface area (Å²) in [6, 6.07) is 18.6. The number of fused-ring (bicyclic) bond motifs is 1. The monoisotopic (exact) mass is 587 g/mol. The van der Waals surface area contributed by atoms with E-state index in [4.69, 9.17) is 11.6 Å². The van der Waals surface area contributed by atoms with Crippen molar-refractivity contribution in [1.82, 2.24) is 5.32 Å². The highest BCUT2D eigenvalue weighted by molar-refractivity contribution is 6.30. The molecule has 220 valence electrons. The van der Waals surface area contributed by atoms with Crippen molar-refractivity contribution in [3.63, 3.8) is 0 Å². The summed E-state index contributed by atoms with van der Waals surface area (Å²) in [4.78, 5) is 42.1. The number of rotatable bonds is 6. The van der Waals surface area contributed by atoms with Gasteiger partial charge >= 0.3 is 5.91 Å². The molecule has 3 aromatic rings. The number of nitrogens with zero attached hydrogens (tertiary/aromatic N) is 2. The number of quaternary nitrogens is 1. The molecule has 1 unspecified atom stereocenters. The number of benzene rings is 3. The summed E-state index contributed by atoms with van der Waals surface area (Å²) in [7, 11) is 0. The molecular weight excluding hydrogens is 548 g/mol. The molecule has 5 rings (SSSR count). The third-order valence-corrected chi connectivity index (χ3v) is 9.20. The van der Waals surface area contributed by atoms with Crippen LogP contribution in [-0.4, -0.2) is 61.0 Å². The molecule has 42 heavy (non-hydrogen) atoms. The van der Waals surface area contributed by atoms with E-state index >= 15 is 0 Å². The first-order valence-electron chi connectivity index (χ1n) is 14.9. The molecule has 0 bridgehead atoms. The highest BCUT2D eigenvalue weighted by atomic mass is 35.5. The van der Waals surface area contributed by atoms with Crippen LogP contribution in [0.4, 0.5) is 11.4 Å². The zero-order valence-electron chi connectivity index (χ0n) is 24.7. The number of piperazine rings is 1. The second-order valence-corrected chi connectivity index (χ2v) is 12.1. The van der Waals surface area contributed by atoms with Crippen LogP contribution >= 0.6 is 11.6 Å². The minimum absolute atomic E-state index is 0.0519. The Morgan fingerprint density at radius 1 is 0.976 bits per heavy atom. The Bertz CT molecular complexity index is 1500. The highest BCUT2D eigenvalue weighted by Gasteiger charge is 2.38. The van der Waals surface area contributed by atoms with Crippen LogP contribution in [0.2, 0.25) is 5.02 Å². The normalized spacial score (nSPS) is 18.1. The summed E-state index contributed by atoms with van der Waals surface area (Å²) in [5, 5.41) is 7.01. The van der Waals surface area contributed by atoms with Gasteiger partial charge in [-0.2, -0.15) is 0 Å². The Balaban J connectivity index is 1.44. The number of amides is 3. The standard InChI is InChI=1S/C34H39ClN4O3/c1-23-7-4-5-10-30(23)33(41)37-28-12-13-31(24(2)21-28)34(42)38-29(9-6-8-26-22-27(35)11-14-32(26)38)15-18-39(25(3)40)19-16-36-17-20-39/h4-5,7,10-14,21-22,29,36H,6,8-9,15-20H2,1-3H3/p+1. The molecule has 0 saturated carbocycles. The summed E-state index contributed by atoms with van der Waals surface area (Å²) >= 11 is 6.38. The SMILES string of the molecule is CC(=O)[N+]1(CCC2CCCc3cc(Cl)ccc3N2C(=O)c2ccc(NC(=O)c3ccccc3C)cc2C)CCNCC1. The van der Waals surface area contributed by atoms with Gasteiger partial charge in [0.2, 0.25) is 0 Å². The molecule has 3 amide bonds. The molecule has 2 N–H and O–H groups in total. The van der Waals surface area contributed by atoms with Crippen molar-refractivity contribution in [1.29, 1.82) is 0 Å². The molecule has 3 aromatic carbocycles. The smallest absolute Gasteiger partial charge is 0.310 e. The van der Waals surface area contributed by atoms with Crippen LogP contribution < -0.4 is 15.5 Å². The van der Waals surface area contributed by atoms with Crippen LogP contribution in [0.25, 0.3) is 0 Å². The highest BCUT2D eigenvalue weighted by Crippen LogP contribution is 2.35. The van der Waals surface area contributed by atoms with Crippen molar-refractivity contribution >= 4 is 40.7 Å². The van der Waals surface area contributed by atoms with Gasteiger partial charge in [-0.05, 0) is 92.3 Å². The van der Waals surface area contributed by atoms with E-state index in [0.29, 0.717) is 32.9 Å².